The SMILES string of the molecule is CC1COC(CO)CN1C(=O)C1CC(O)CN1. The van der Waals surface area contributed by atoms with Crippen LogP contribution in [-0.2, 0) is 9.53 Å². The van der Waals surface area contributed by atoms with E-state index in [-0.39, 0.29) is 30.7 Å². The first-order valence-corrected chi connectivity index (χ1v) is 6.06. The quantitative estimate of drug-likeness (QED) is 0.540. The van der Waals surface area contributed by atoms with E-state index in [0.717, 1.165) is 0 Å². The molecule has 17 heavy (non-hydrogen) atoms. The van der Waals surface area contributed by atoms with E-state index in [2.05, 4.69) is 5.32 Å². The molecule has 6 nitrogen and oxygen atoms in total. The second kappa shape index (κ2) is 5.30. The van der Waals surface area contributed by atoms with Gasteiger partial charge in [-0.1, -0.05) is 0 Å². The van der Waals surface area contributed by atoms with Crippen LogP contribution in [0.3, 0.4) is 0 Å². The van der Waals surface area contributed by atoms with Gasteiger partial charge in [0.2, 0.25) is 5.91 Å². The van der Waals surface area contributed by atoms with Crippen LogP contribution in [-0.4, -0.2) is 71.6 Å². The van der Waals surface area contributed by atoms with Crippen LogP contribution in [0.5, 0.6) is 0 Å². The van der Waals surface area contributed by atoms with Crippen LogP contribution in [0.15, 0.2) is 0 Å². The number of carbonyl (C=O) groups is 1. The number of nitrogens with zero attached hydrogens (tertiary/aromatic N) is 1. The Kier molecular flexibility index (Phi) is 3.98. The summed E-state index contributed by atoms with van der Waals surface area (Å²) in [6.07, 6.45) is -0.261. The van der Waals surface area contributed by atoms with Crippen molar-refractivity contribution in [3.05, 3.63) is 0 Å². The number of hydrogen-bond acceptors (Lipinski definition) is 5. The van der Waals surface area contributed by atoms with Crippen molar-refractivity contribution in [1.82, 2.24) is 10.2 Å². The molecular formula is C11H20N2O4. The number of aliphatic hydroxyl groups excluding tert-OH is 2. The Balaban J connectivity index is 1.97. The highest BCUT2D eigenvalue weighted by Crippen LogP contribution is 2.16. The summed E-state index contributed by atoms with van der Waals surface area (Å²) in [7, 11) is 0. The number of morpholine rings is 1. The summed E-state index contributed by atoms with van der Waals surface area (Å²) in [5.41, 5.74) is 0. The van der Waals surface area contributed by atoms with Gasteiger partial charge in [-0.3, -0.25) is 4.79 Å². The molecule has 4 atom stereocenters. The Morgan fingerprint density at radius 2 is 2.35 bits per heavy atom. The van der Waals surface area contributed by atoms with E-state index < -0.39 is 6.10 Å². The maximum Gasteiger partial charge on any atom is 0.240 e. The first-order valence-electron chi connectivity index (χ1n) is 6.06. The van der Waals surface area contributed by atoms with Crippen LogP contribution in [0.2, 0.25) is 0 Å². The highest BCUT2D eigenvalue weighted by molar-refractivity contribution is 5.82. The van der Waals surface area contributed by atoms with E-state index >= 15 is 0 Å². The standard InChI is InChI=1S/C11H20N2O4/c1-7-6-17-9(5-14)4-13(7)11(16)10-2-8(15)3-12-10/h7-10,12,14-15H,2-6H2,1H3. The molecule has 0 aromatic heterocycles. The van der Waals surface area contributed by atoms with Crippen molar-refractivity contribution in [2.45, 2.75) is 37.6 Å². The van der Waals surface area contributed by atoms with Gasteiger partial charge in [-0.05, 0) is 13.3 Å². The second-order valence-electron chi connectivity index (χ2n) is 4.83. The highest BCUT2D eigenvalue weighted by atomic mass is 16.5. The monoisotopic (exact) mass is 244 g/mol. The molecule has 2 saturated heterocycles. The van der Waals surface area contributed by atoms with E-state index in [1.54, 1.807) is 4.90 Å². The minimum Gasteiger partial charge on any atom is -0.394 e. The molecule has 6 heteroatoms. The van der Waals surface area contributed by atoms with Gasteiger partial charge in [-0.25, -0.2) is 0 Å². The van der Waals surface area contributed by atoms with Crippen molar-refractivity contribution in [2.24, 2.45) is 0 Å². The molecule has 0 bridgehead atoms. The van der Waals surface area contributed by atoms with Gasteiger partial charge in [0.25, 0.3) is 0 Å². The molecule has 2 aliphatic rings. The van der Waals surface area contributed by atoms with Crippen molar-refractivity contribution >= 4 is 5.91 Å². The van der Waals surface area contributed by atoms with Crippen molar-refractivity contribution in [1.29, 1.82) is 0 Å². The Morgan fingerprint density at radius 3 is 2.94 bits per heavy atom. The number of ether oxygens (including phenoxy) is 1. The molecule has 2 aliphatic heterocycles. The van der Waals surface area contributed by atoms with Gasteiger partial charge in [-0.15, -0.1) is 0 Å². The minimum absolute atomic E-state index is 0.00389. The number of nitrogens with one attached hydrogen (secondary N) is 1. The molecule has 1 amide bonds. The predicted molar refractivity (Wildman–Crippen MR) is 60.4 cm³/mol. The zero-order valence-corrected chi connectivity index (χ0v) is 10.0. The van der Waals surface area contributed by atoms with Crippen molar-refractivity contribution < 1.29 is 19.7 Å². The van der Waals surface area contributed by atoms with Gasteiger partial charge < -0.3 is 25.2 Å². The van der Waals surface area contributed by atoms with E-state index in [9.17, 15) is 9.90 Å². The smallest absolute Gasteiger partial charge is 0.240 e. The van der Waals surface area contributed by atoms with Gasteiger partial charge in [-0.2, -0.15) is 0 Å². The predicted octanol–water partition coefficient (Wildman–Crippen LogP) is -1.68. The van der Waals surface area contributed by atoms with E-state index in [1.807, 2.05) is 6.92 Å². The van der Waals surface area contributed by atoms with E-state index in [0.29, 0.717) is 26.1 Å². The maximum absolute atomic E-state index is 12.2. The number of carbonyl (C=O) groups excluding carboxylic acids is 1. The lowest BCUT2D eigenvalue weighted by molar-refractivity contribution is -0.148. The Morgan fingerprint density at radius 1 is 1.59 bits per heavy atom. The van der Waals surface area contributed by atoms with Gasteiger partial charge in [0.15, 0.2) is 0 Å². The molecule has 4 unspecified atom stereocenters. The van der Waals surface area contributed by atoms with Gasteiger partial charge >= 0.3 is 0 Å². The average molecular weight is 244 g/mol. The van der Waals surface area contributed by atoms with E-state index in [4.69, 9.17) is 9.84 Å². The van der Waals surface area contributed by atoms with Crippen LogP contribution in [0, 0.1) is 0 Å². The second-order valence-corrected chi connectivity index (χ2v) is 4.83. The molecule has 0 aliphatic carbocycles. The van der Waals surface area contributed by atoms with Gasteiger partial charge in [0.05, 0.1) is 37.5 Å². The van der Waals surface area contributed by atoms with Crippen LogP contribution >= 0.6 is 0 Å². The molecule has 2 rings (SSSR count). The first kappa shape index (κ1) is 12.8. The van der Waals surface area contributed by atoms with Crippen molar-refractivity contribution in [3.8, 4) is 0 Å². The highest BCUT2D eigenvalue weighted by Gasteiger charge is 2.36. The van der Waals surface area contributed by atoms with Crippen LogP contribution in [0.25, 0.3) is 0 Å². The summed E-state index contributed by atoms with van der Waals surface area (Å²) in [5.74, 6) is -0.00389. The summed E-state index contributed by atoms with van der Waals surface area (Å²) in [6, 6.07) is -0.283. The third-order valence-corrected chi connectivity index (χ3v) is 3.40. The molecule has 2 heterocycles. The van der Waals surface area contributed by atoms with Crippen molar-refractivity contribution in [2.75, 3.05) is 26.3 Å². The number of hydrogen-bond donors (Lipinski definition) is 3. The van der Waals surface area contributed by atoms with Crippen molar-refractivity contribution in [3.63, 3.8) is 0 Å². The first-order chi connectivity index (χ1) is 8.11. The Labute approximate surface area is 101 Å². The molecular weight excluding hydrogens is 224 g/mol. The molecule has 0 radical (unpaired) electrons. The molecule has 98 valence electrons. The minimum atomic E-state index is -0.436. The largest absolute Gasteiger partial charge is 0.394 e. The molecule has 3 N–H and O–H groups in total. The summed E-state index contributed by atoms with van der Waals surface area (Å²) in [4.78, 5) is 14.0. The Bertz CT molecular complexity index is 287. The number of amides is 1. The lowest BCUT2D eigenvalue weighted by atomic mass is 10.1. The summed E-state index contributed by atoms with van der Waals surface area (Å²) in [5, 5.41) is 21.5. The zero-order valence-electron chi connectivity index (χ0n) is 10.0. The average Bonchev–Trinajstić information content (AvgIpc) is 2.76. The molecule has 0 saturated carbocycles. The lowest BCUT2D eigenvalue weighted by Gasteiger charge is -2.38. The van der Waals surface area contributed by atoms with E-state index in [1.165, 1.54) is 0 Å². The third kappa shape index (κ3) is 2.77. The third-order valence-electron chi connectivity index (χ3n) is 3.40. The Hall–Kier alpha value is -0.690. The topological polar surface area (TPSA) is 82.0 Å². The van der Waals surface area contributed by atoms with Gasteiger partial charge in [0.1, 0.15) is 0 Å². The summed E-state index contributed by atoms with van der Waals surface area (Å²) >= 11 is 0. The fraction of sp³-hybridized carbons (Fsp3) is 0.909. The number of aliphatic hydroxyl groups is 2. The van der Waals surface area contributed by atoms with Crippen LogP contribution < -0.4 is 5.32 Å². The van der Waals surface area contributed by atoms with Crippen LogP contribution in [0.4, 0.5) is 0 Å². The fourth-order valence-corrected chi connectivity index (χ4v) is 2.34. The zero-order chi connectivity index (χ0) is 12.4. The molecule has 0 spiro atoms. The normalized spacial score (nSPS) is 38.4. The molecule has 0 aromatic rings. The van der Waals surface area contributed by atoms with Crippen LogP contribution in [0.1, 0.15) is 13.3 Å². The number of rotatable bonds is 2. The van der Waals surface area contributed by atoms with Gasteiger partial charge in [0, 0.05) is 13.1 Å². The summed E-state index contributed by atoms with van der Waals surface area (Å²) in [6.45, 7) is 3.20. The maximum atomic E-state index is 12.2. The molecule has 0 aromatic carbocycles. The lowest BCUT2D eigenvalue weighted by Crippen LogP contribution is -2.56. The fourth-order valence-electron chi connectivity index (χ4n) is 2.34. The number of β-amino-alcohol motifs (C(OH)–C–C–N with tert-alkyl or cyclic N) is 1. The summed E-state index contributed by atoms with van der Waals surface area (Å²) < 4.78 is 5.39. The molecule has 2 fully saturated rings.